The van der Waals surface area contributed by atoms with Crippen LogP contribution in [-0.2, 0) is 10.3 Å². The number of hydrogen-bond acceptors (Lipinski definition) is 4. The molecule has 2 aromatic rings. The monoisotopic (exact) mass is 511 g/mol. The van der Waals surface area contributed by atoms with Gasteiger partial charge in [0.1, 0.15) is 0 Å². The standard InChI is InChI=1S/C27H24Cl3N3O/c1-5-32(19-10-15(2)9-17(28)11-19)16(3)27-24(4)14-22-26(24,33-8-6-7-25(27,33)34-27)20-12-18(29)13-21(30)23(20)31-22/h5,9-13H,1,3,6-8,14H2,2,4H3. The number of fused-ring (bicyclic) bond motifs is 2. The number of ether oxygens (including phenoxy) is 1. The fraction of sp³-hybridized carbons (Fsp3) is 0.370. The summed E-state index contributed by atoms with van der Waals surface area (Å²) in [6.07, 6.45) is 4.62. The van der Waals surface area contributed by atoms with Crippen molar-refractivity contribution in [2.75, 3.05) is 11.4 Å². The number of halogens is 3. The lowest BCUT2D eigenvalue weighted by Gasteiger charge is -2.59. The topological polar surface area (TPSA) is 31.4 Å². The minimum Gasteiger partial charge on any atom is -0.339 e. The zero-order valence-corrected chi connectivity index (χ0v) is 21.4. The van der Waals surface area contributed by atoms with Gasteiger partial charge in [-0.3, -0.25) is 9.89 Å². The maximum atomic E-state index is 6.88. The second kappa shape index (κ2) is 6.29. The molecule has 2 spiro atoms. The van der Waals surface area contributed by atoms with Gasteiger partial charge in [-0.2, -0.15) is 0 Å². The smallest absolute Gasteiger partial charge is 0.161 e. The van der Waals surface area contributed by atoms with E-state index in [4.69, 9.17) is 44.5 Å². The third kappa shape index (κ3) is 2.01. The summed E-state index contributed by atoms with van der Waals surface area (Å²) >= 11 is 19.6. The van der Waals surface area contributed by atoms with E-state index < -0.39 is 11.3 Å². The molecule has 7 heteroatoms. The molecule has 0 amide bonds. The van der Waals surface area contributed by atoms with E-state index in [1.807, 2.05) is 30.2 Å². The largest absolute Gasteiger partial charge is 0.339 e. The van der Waals surface area contributed by atoms with Gasteiger partial charge in [-0.1, -0.05) is 54.9 Å². The van der Waals surface area contributed by atoms with Crippen LogP contribution in [0.2, 0.25) is 15.1 Å². The fourth-order valence-corrected chi connectivity index (χ4v) is 8.74. The summed E-state index contributed by atoms with van der Waals surface area (Å²) in [6.45, 7) is 14.1. The highest BCUT2D eigenvalue weighted by Gasteiger charge is 2.98. The van der Waals surface area contributed by atoms with Crippen LogP contribution in [0.15, 0.2) is 60.4 Å². The molecule has 3 saturated heterocycles. The molecule has 34 heavy (non-hydrogen) atoms. The first-order valence-corrected chi connectivity index (χ1v) is 12.7. The number of aliphatic imine (C=N–C) groups is 1. The molecule has 0 bridgehead atoms. The lowest BCUT2D eigenvalue weighted by molar-refractivity contribution is -0.0669. The van der Waals surface area contributed by atoms with E-state index in [0.717, 1.165) is 59.7 Å². The Balaban J connectivity index is 1.42. The van der Waals surface area contributed by atoms with Gasteiger partial charge in [-0.15, -0.1) is 0 Å². The summed E-state index contributed by atoms with van der Waals surface area (Å²) in [6, 6.07) is 9.83. The van der Waals surface area contributed by atoms with Gasteiger partial charge in [-0.25, -0.2) is 0 Å². The zero-order valence-electron chi connectivity index (χ0n) is 19.1. The molecule has 4 atom stereocenters. The van der Waals surface area contributed by atoms with E-state index in [2.05, 4.69) is 37.1 Å². The van der Waals surface area contributed by atoms with Crippen molar-refractivity contribution in [1.82, 2.24) is 4.90 Å². The first-order chi connectivity index (χ1) is 16.2. The summed E-state index contributed by atoms with van der Waals surface area (Å²) in [5, 5.41) is 1.92. The van der Waals surface area contributed by atoms with Crippen molar-refractivity contribution in [2.24, 2.45) is 10.4 Å². The van der Waals surface area contributed by atoms with Crippen molar-refractivity contribution in [2.45, 2.75) is 50.0 Å². The lowest BCUT2D eigenvalue weighted by atomic mass is 9.48. The minimum absolute atomic E-state index is 0.287. The maximum Gasteiger partial charge on any atom is 0.161 e. The third-order valence-electron chi connectivity index (χ3n) is 8.93. The fourth-order valence-electron chi connectivity index (χ4n) is 7.92. The molecule has 4 nitrogen and oxygen atoms in total. The van der Waals surface area contributed by atoms with Crippen LogP contribution >= 0.6 is 34.8 Å². The van der Waals surface area contributed by atoms with Crippen LogP contribution in [0.4, 0.5) is 11.4 Å². The predicted octanol–water partition coefficient (Wildman–Crippen LogP) is 7.39. The predicted molar refractivity (Wildman–Crippen MR) is 138 cm³/mol. The molecule has 1 aliphatic carbocycles. The molecule has 4 unspecified atom stereocenters. The molecule has 0 N–H and O–H groups in total. The number of aryl methyl sites for hydroxylation is 1. The van der Waals surface area contributed by atoms with Crippen molar-refractivity contribution < 1.29 is 4.74 Å². The molecule has 2 aromatic carbocycles. The quantitative estimate of drug-likeness (QED) is 0.400. The minimum atomic E-state index is -0.587. The van der Waals surface area contributed by atoms with Gasteiger partial charge in [0, 0.05) is 45.2 Å². The van der Waals surface area contributed by atoms with E-state index in [1.54, 1.807) is 6.07 Å². The maximum absolute atomic E-state index is 6.88. The summed E-state index contributed by atoms with van der Waals surface area (Å²) in [5.74, 6) is 0. The van der Waals surface area contributed by atoms with Crippen molar-refractivity contribution in [3.05, 3.63) is 81.6 Å². The first kappa shape index (κ1) is 21.5. The summed E-state index contributed by atoms with van der Waals surface area (Å²) < 4.78 is 6.88. The molecule has 174 valence electrons. The van der Waals surface area contributed by atoms with E-state index in [0.29, 0.717) is 15.1 Å². The van der Waals surface area contributed by atoms with Gasteiger partial charge in [0.25, 0.3) is 0 Å². The van der Waals surface area contributed by atoms with Crippen LogP contribution < -0.4 is 4.90 Å². The first-order valence-electron chi connectivity index (χ1n) is 11.6. The van der Waals surface area contributed by atoms with Gasteiger partial charge in [0.15, 0.2) is 11.3 Å². The number of hydrogen-bond donors (Lipinski definition) is 0. The van der Waals surface area contributed by atoms with Crippen LogP contribution in [0.1, 0.15) is 37.3 Å². The van der Waals surface area contributed by atoms with Crippen LogP contribution in [0, 0.1) is 12.3 Å². The highest BCUT2D eigenvalue weighted by atomic mass is 35.5. The van der Waals surface area contributed by atoms with Crippen LogP contribution in [0.25, 0.3) is 0 Å². The Bertz CT molecular complexity index is 1370. The van der Waals surface area contributed by atoms with Crippen molar-refractivity contribution in [3.63, 3.8) is 0 Å². The Kier molecular flexibility index (Phi) is 3.97. The van der Waals surface area contributed by atoms with Gasteiger partial charge < -0.3 is 9.64 Å². The second-order valence-electron chi connectivity index (χ2n) is 10.4. The van der Waals surface area contributed by atoms with E-state index in [9.17, 15) is 0 Å². The Morgan fingerprint density at radius 2 is 1.94 bits per heavy atom. The number of epoxide rings is 1. The molecule has 5 aliphatic rings. The summed E-state index contributed by atoms with van der Waals surface area (Å²) in [7, 11) is 0. The van der Waals surface area contributed by atoms with Crippen LogP contribution in [0.5, 0.6) is 0 Å². The van der Waals surface area contributed by atoms with Gasteiger partial charge in [-0.05, 0) is 62.1 Å². The number of anilines is 1. The van der Waals surface area contributed by atoms with Crippen molar-refractivity contribution >= 4 is 51.9 Å². The molecule has 1 saturated carbocycles. The van der Waals surface area contributed by atoms with Crippen molar-refractivity contribution in [3.8, 4) is 0 Å². The Morgan fingerprint density at radius 3 is 2.68 bits per heavy atom. The SMILES string of the molecule is C=CN(C(=C)C12OC13CCCN3C13C(=Nc4c(Cl)cc(Cl)cc41)CC32C)c1cc(C)cc(Cl)c1. The van der Waals surface area contributed by atoms with Crippen LogP contribution in [-0.4, -0.2) is 28.5 Å². The molecule has 0 radical (unpaired) electrons. The van der Waals surface area contributed by atoms with Gasteiger partial charge in [0.2, 0.25) is 0 Å². The normalized spacial score (nSPS) is 36.0. The number of nitrogens with zero attached hydrogens (tertiary/aromatic N) is 3. The highest BCUT2D eigenvalue weighted by Crippen LogP contribution is 2.86. The Labute approximate surface area is 214 Å². The highest BCUT2D eigenvalue weighted by molar-refractivity contribution is 6.37. The Morgan fingerprint density at radius 1 is 1.18 bits per heavy atom. The summed E-state index contributed by atoms with van der Waals surface area (Å²) in [5.41, 5.74) is 4.31. The molecular formula is C27H24Cl3N3O. The average Bonchev–Trinajstić information content (AvgIpc) is 3.08. The lowest BCUT2D eigenvalue weighted by Crippen LogP contribution is -2.68. The summed E-state index contributed by atoms with van der Waals surface area (Å²) in [4.78, 5) is 9.62. The molecular weight excluding hydrogens is 489 g/mol. The molecule has 7 rings (SSSR count). The molecule has 0 aromatic heterocycles. The van der Waals surface area contributed by atoms with Gasteiger partial charge >= 0.3 is 0 Å². The molecule has 4 fully saturated rings. The van der Waals surface area contributed by atoms with Crippen molar-refractivity contribution in [1.29, 1.82) is 0 Å². The zero-order chi connectivity index (χ0) is 23.8. The number of benzene rings is 2. The molecule has 4 aliphatic heterocycles. The Hall–Kier alpha value is -1.82. The van der Waals surface area contributed by atoms with Gasteiger partial charge in [0.05, 0.1) is 21.9 Å². The van der Waals surface area contributed by atoms with E-state index >= 15 is 0 Å². The van der Waals surface area contributed by atoms with E-state index in [1.165, 1.54) is 0 Å². The third-order valence-corrected chi connectivity index (χ3v) is 9.66. The molecule has 4 heterocycles. The number of rotatable bonds is 4. The van der Waals surface area contributed by atoms with E-state index in [-0.39, 0.29) is 11.0 Å². The average molecular weight is 513 g/mol. The van der Waals surface area contributed by atoms with Crippen LogP contribution in [0.3, 0.4) is 0 Å². The second-order valence-corrected chi connectivity index (χ2v) is 11.7.